The smallest absolute Gasteiger partial charge is 0.185 e. The van der Waals surface area contributed by atoms with E-state index in [0.717, 1.165) is 73.7 Å². The van der Waals surface area contributed by atoms with Gasteiger partial charge in [-0.15, -0.1) is 0 Å². The molecule has 0 fully saturated rings. The van der Waals surface area contributed by atoms with Crippen LogP contribution >= 0.6 is 0 Å². The summed E-state index contributed by atoms with van der Waals surface area (Å²) in [5.41, 5.74) is 8.52. The Labute approximate surface area is 181 Å². The fourth-order valence-electron chi connectivity index (χ4n) is 5.42. The van der Waals surface area contributed by atoms with E-state index < -0.39 is 0 Å². The summed E-state index contributed by atoms with van der Waals surface area (Å²) in [4.78, 5) is 26.7. The molecule has 0 radical (unpaired) electrons. The van der Waals surface area contributed by atoms with Crippen molar-refractivity contribution in [2.24, 2.45) is 10.8 Å². The Hall–Kier alpha value is -1.96. The minimum absolute atomic E-state index is 0.191. The topological polar surface area (TPSA) is 34.1 Å². The molecular weight excluding hydrogens is 368 g/mol. The Balaban J connectivity index is 2.04. The van der Waals surface area contributed by atoms with Gasteiger partial charge in [0.25, 0.3) is 0 Å². The van der Waals surface area contributed by atoms with Crippen LogP contribution in [0, 0.1) is 10.8 Å². The normalized spacial score (nSPS) is 25.8. The average Bonchev–Trinajstić information content (AvgIpc) is 2.67. The van der Waals surface area contributed by atoms with Crippen molar-refractivity contribution < 1.29 is 9.59 Å². The highest BCUT2D eigenvalue weighted by Crippen LogP contribution is 2.47. The third-order valence-electron chi connectivity index (χ3n) is 7.11. The molecule has 0 N–H and O–H groups in total. The van der Waals surface area contributed by atoms with E-state index in [2.05, 4.69) is 53.7 Å². The molecule has 0 aromatic heterocycles. The van der Waals surface area contributed by atoms with Crippen LogP contribution < -0.4 is 0 Å². The van der Waals surface area contributed by atoms with Crippen LogP contribution in [-0.4, -0.2) is 11.6 Å². The first kappa shape index (κ1) is 21.3. The predicted molar refractivity (Wildman–Crippen MR) is 123 cm³/mol. The highest BCUT2D eigenvalue weighted by molar-refractivity contribution is 6.14. The Kier molecular flexibility index (Phi) is 5.19. The van der Waals surface area contributed by atoms with Crippen LogP contribution in [0.15, 0.2) is 56.7 Å². The van der Waals surface area contributed by atoms with Crippen molar-refractivity contribution in [2.45, 2.75) is 92.9 Å². The van der Waals surface area contributed by atoms with Crippen LogP contribution in [0.2, 0.25) is 0 Å². The van der Waals surface area contributed by atoms with Crippen LogP contribution in [0.3, 0.4) is 0 Å². The minimum atomic E-state index is -0.191. The summed E-state index contributed by atoms with van der Waals surface area (Å²) in [7, 11) is 0. The summed E-state index contributed by atoms with van der Waals surface area (Å²) < 4.78 is 0. The molecule has 4 aliphatic rings. The van der Waals surface area contributed by atoms with Gasteiger partial charge in [-0.05, 0) is 96.6 Å². The summed E-state index contributed by atoms with van der Waals surface area (Å²) in [6.07, 6.45) is 12.6. The second-order valence-electron chi connectivity index (χ2n) is 11.4. The van der Waals surface area contributed by atoms with Gasteiger partial charge in [-0.1, -0.05) is 41.5 Å². The highest BCUT2D eigenvalue weighted by atomic mass is 16.1. The molecule has 2 heteroatoms. The summed E-state index contributed by atoms with van der Waals surface area (Å²) in [5.74, 6) is 0.512. The second-order valence-corrected chi connectivity index (χ2v) is 11.4. The number of rotatable bonds is 0. The van der Waals surface area contributed by atoms with E-state index in [1.54, 1.807) is 0 Å². The third-order valence-corrected chi connectivity index (χ3v) is 7.11. The first-order valence-corrected chi connectivity index (χ1v) is 11.7. The molecule has 0 saturated carbocycles. The molecule has 4 rings (SSSR count). The predicted octanol–water partition coefficient (Wildman–Crippen LogP) is 7.13. The van der Waals surface area contributed by atoms with E-state index in [-0.39, 0.29) is 22.4 Å². The van der Waals surface area contributed by atoms with Gasteiger partial charge in [0.15, 0.2) is 11.6 Å². The average molecular weight is 405 g/mol. The number of carbonyl (C=O) groups excluding carboxylic acids is 2. The molecule has 0 aliphatic heterocycles. The maximum absolute atomic E-state index is 13.4. The molecule has 0 unspecified atom stereocenters. The molecule has 0 atom stereocenters. The van der Waals surface area contributed by atoms with Crippen molar-refractivity contribution in [3.63, 3.8) is 0 Å². The lowest BCUT2D eigenvalue weighted by Crippen LogP contribution is -2.28. The van der Waals surface area contributed by atoms with E-state index in [9.17, 15) is 9.59 Å². The van der Waals surface area contributed by atoms with Gasteiger partial charge in [0, 0.05) is 22.3 Å². The fourth-order valence-corrected chi connectivity index (χ4v) is 5.42. The first-order valence-electron chi connectivity index (χ1n) is 11.7. The molecule has 30 heavy (non-hydrogen) atoms. The third kappa shape index (κ3) is 3.53. The van der Waals surface area contributed by atoms with Gasteiger partial charge in [0.05, 0.1) is 0 Å². The van der Waals surface area contributed by atoms with E-state index in [1.165, 1.54) is 22.3 Å². The number of ketones is 2. The lowest BCUT2D eigenvalue weighted by Gasteiger charge is -2.35. The molecule has 0 aromatic carbocycles. The standard InChI is InChI=1S/C28H36O2/c1-27(2,3)23-15-21(17-11-7-9-13-19(17)25(23)29)22-16-24(28(4,5)6)26(30)20-14-10-8-12-18(20)22/h15-16H,7-14H2,1-6H3/b22-21+. The van der Waals surface area contributed by atoms with E-state index in [4.69, 9.17) is 0 Å². The van der Waals surface area contributed by atoms with Gasteiger partial charge in [-0.25, -0.2) is 0 Å². The van der Waals surface area contributed by atoms with Crippen LogP contribution in [0.4, 0.5) is 0 Å². The monoisotopic (exact) mass is 404 g/mol. The van der Waals surface area contributed by atoms with Crippen molar-refractivity contribution in [1.29, 1.82) is 0 Å². The van der Waals surface area contributed by atoms with Crippen molar-refractivity contribution in [3.05, 3.63) is 56.7 Å². The second kappa shape index (κ2) is 7.32. The fraction of sp³-hybridized carbons (Fsp3) is 0.571. The van der Waals surface area contributed by atoms with Gasteiger partial charge < -0.3 is 0 Å². The largest absolute Gasteiger partial charge is 0.289 e. The van der Waals surface area contributed by atoms with Crippen molar-refractivity contribution >= 4 is 11.6 Å². The summed E-state index contributed by atoms with van der Waals surface area (Å²) >= 11 is 0. The SMILES string of the molecule is CC(C)(C)C1=C/C(=C2/C=C(C(C)(C)C)C(=O)C3=C2CCCC3)C2=C(CCCC2)C1=O. The molecule has 4 aliphatic carbocycles. The number of Topliss-reactive ketones (excluding diaryl/α,β-unsaturated/α-hetero) is 2. The zero-order valence-corrected chi connectivity index (χ0v) is 19.6. The maximum atomic E-state index is 13.4. The Morgan fingerprint density at radius 3 is 1.13 bits per heavy atom. The van der Waals surface area contributed by atoms with Crippen molar-refractivity contribution in [2.75, 3.05) is 0 Å². The molecule has 0 aromatic rings. The number of hydrogen-bond donors (Lipinski definition) is 0. The number of allylic oxidation sites excluding steroid dienone is 10. The molecule has 0 amide bonds. The van der Waals surface area contributed by atoms with Gasteiger partial charge in [0.2, 0.25) is 0 Å². The lowest BCUT2D eigenvalue weighted by molar-refractivity contribution is -0.114. The van der Waals surface area contributed by atoms with Gasteiger partial charge in [0.1, 0.15) is 0 Å². The van der Waals surface area contributed by atoms with E-state index in [1.807, 2.05) is 0 Å². The summed E-state index contributed by atoms with van der Waals surface area (Å²) in [6, 6.07) is 0. The zero-order valence-electron chi connectivity index (χ0n) is 19.6. The molecule has 0 saturated heterocycles. The van der Waals surface area contributed by atoms with Gasteiger partial charge in [-0.2, -0.15) is 0 Å². The zero-order chi connectivity index (χ0) is 21.8. The van der Waals surface area contributed by atoms with Gasteiger partial charge >= 0.3 is 0 Å². The van der Waals surface area contributed by atoms with Crippen LogP contribution in [0.5, 0.6) is 0 Å². The first-order chi connectivity index (χ1) is 14.0. The summed E-state index contributed by atoms with van der Waals surface area (Å²) in [5, 5.41) is 0. The van der Waals surface area contributed by atoms with Gasteiger partial charge in [-0.3, -0.25) is 9.59 Å². The van der Waals surface area contributed by atoms with Crippen molar-refractivity contribution in [1.82, 2.24) is 0 Å². The molecule has 2 nitrogen and oxygen atoms in total. The van der Waals surface area contributed by atoms with E-state index >= 15 is 0 Å². The molecule has 0 heterocycles. The maximum Gasteiger partial charge on any atom is 0.185 e. The minimum Gasteiger partial charge on any atom is -0.289 e. The highest BCUT2D eigenvalue weighted by Gasteiger charge is 2.38. The summed E-state index contributed by atoms with van der Waals surface area (Å²) in [6.45, 7) is 12.8. The molecule has 0 spiro atoms. The quantitative estimate of drug-likeness (QED) is 0.430. The van der Waals surface area contributed by atoms with Crippen LogP contribution in [-0.2, 0) is 9.59 Å². The molecule has 160 valence electrons. The van der Waals surface area contributed by atoms with Crippen LogP contribution in [0.25, 0.3) is 0 Å². The molecular formula is C28H36O2. The number of carbonyl (C=O) groups is 2. The Morgan fingerprint density at radius 1 is 0.533 bits per heavy atom. The van der Waals surface area contributed by atoms with Crippen molar-refractivity contribution in [3.8, 4) is 0 Å². The molecule has 0 bridgehead atoms. The Morgan fingerprint density at radius 2 is 0.833 bits per heavy atom. The number of hydrogen-bond acceptors (Lipinski definition) is 2. The van der Waals surface area contributed by atoms with Crippen LogP contribution in [0.1, 0.15) is 92.9 Å². The lowest BCUT2D eigenvalue weighted by atomic mass is 9.67. The Bertz CT molecular complexity index is 895. The van der Waals surface area contributed by atoms with E-state index in [0.29, 0.717) is 0 Å².